The Kier molecular flexibility index (Phi) is 5.58. The summed E-state index contributed by atoms with van der Waals surface area (Å²) in [6.45, 7) is 7.06. The average Bonchev–Trinajstić information content (AvgIpc) is 3.13. The van der Waals surface area contributed by atoms with Gasteiger partial charge in [0, 0.05) is 24.7 Å². The van der Waals surface area contributed by atoms with Crippen molar-refractivity contribution in [3.05, 3.63) is 29.3 Å². The molecule has 3 rings (SSSR count). The molecule has 25 heavy (non-hydrogen) atoms. The number of anilines is 1. The van der Waals surface area contributed by atoms with E-state index in [1.807, 2.05) is 19.1 Å². The lowest BCUT2D eigenvalue weighted by molar-refractivity contribution is -0.116. The molecule has 6 nitrogen and oxygen atoms in total. The van der Waals surface area contributed by atoms with Crippen molar-refractivity contribution in [3.8, 4) is 0 Å². The first-order valence-corrected chi connectivity index (χ1v) is 9.24. The van der Waals surface area contributed by atoms with E-state index < -0.39 is 0 Å². The highest BCUT2D eigenvalue weighted by Crippen LogP contribution is 2.26. The Morgan fingerprint density at radius 3 is 2.76 bits per heavy atom. The Morgan fingerprint density at radius 2 is 2.00 bits per heavy atom. The van der Waals surface area contributed by atoms with Crippen molar-refractivity contribution < 1.29 is 9.59 Å². The molecule has 6 heteroatoms. The minimum absolute atomic E-state index is 0.0675. The summed E-state index contributed by atoms with van der Waals surface area (Å²) in [7, 11) is 0. The second kappa shape index (κ2) is 7.87. The van der Waals surface area contributed by atoms with Gasteiger partial charge in [0.2, 0.25) is 5.91 Å². The Morgan fingerprint density at radius 1 is 1.24 bits per heavy atom. The molecule has 0 radical (unpaired) electrons. The molecule has 1 fully saturated rings. The summed E-state index contributed by atoms with van der Waals surface area (Å²) < 4.78 is 0. The number of amides is 3. The third-order valence-corrected chi connectivity index (χ3v) is 5.19. The monoisotopic (exact) mass is 344 g/mol. The summed E-state index contributed by atoms with van der Waals surface area (Å²) in [5.74, 6) is 0.0675. The molecule has 2 heterocycles. The zero-order chi connectivity index (χ0) is 17.8. The second-order valence-corrected chi connectivity index (χ2v) is 7.13. The number of benzene rings is 1. The van der Waals surface area contributed by atoms with Crippen LogP contribution in [-0.4, -0.2) is 42.5 Å². The highest BCUT2D eigenvalue weighted by atomic mass is 16.2. The molecule has 0 aliphatic carbocycles. The largest absolute Gasteiger partial charge is 0.337 e. The van der Waals surface area contributed by atoms with Crippen LogP contribution < -0.4 is 16.0 Å². The first kappa shape index (κ1) is 17.7. The van der Waals surface area contributed by atoms with E-state index in [-0.39, 0.29) is 18.0 Å². The Labute approximate surface area is 149 Å². The fourth-order valence-corrected chi connectivity index (χ4v) is 3.56. The molecule has 3 amide bonds. The topological polar surface area (TPSA) is 73.5 Å². The van der Waals surface area contributed by atoms with E-state index in [4.69, 9.17) is 0 Å². The number of fused-ring (bicyclic) bond motifs is 1. The SMILES string of the molecule is CC(NC(=O)NCC(C)N1CCCC1)c1ccc2c(c1)CCC(=O)N2. The van der Waals surface area contributed by atoms with Crippen LogP contribution in [0.2, 0.25) is 0 Å². The maximum atomic E-state index is 12.2. The van der Waals surface area contributed by atoms with E-state index in [9.17, 15) is 9.59 Å². The molecular formula is C19H28N4O2. The van der Waals surface area contributed by atoms with E-state index >= 15 is 0 Å². The third-order valence-electron chi connectivity index (χ3n) is 5.19. The predicted molar refractivity (Wildman–Crippen MR) is 98.6 cm³/mol. The van der Waals surface area contributed by atoms with Gasteiger partial charge >= 0.3 is 6.03 Å². The lowest BCUT2D eigenvalue weighted by Gasteiger charge is -2.24. The zero-order valence-corrected chi connectivity index (χ0v) is 15.1. The number of hydrogen-bond donors (Lipinski definition) is 3. The second-order valence-electron chi connectivity index (χ2n) is 7.13. The summed E-state index contributed by atoms with van der Waals surface area (Å²) in [4.78, 5) is 26.0. The van der Waals surface area contributed by atoms with Gasteiger partial charge in [0.15, 0.2) is 0 Å². The van der Waals surface area contributed by atoms with Gasteiger partial charge in [-0.3, -0.25) is 9.69 Å². The van der Waals surface area contributed by atoms with Gasteiger partial charge in [0.05, 0.1) is 6.04 Å². The van der Waals surface area contributed by atoms with Crippen molar-refractivity contribution in [2.24, 2.45) is 0 Å². The lowest BCUT2D eigenvalue weighted by atomic mass is 9.98. The van der Waals surface area contributed by atoms with Crippen LogP contribution in [0.5, 0.6) is 0 Å². The van der Waals surface area contributed by atoms with Crippen LogP contribution in [0.4, 0.5) is 10.5 Å². The van der Waals surface area contributed by atoms with Crippen molar-refractivity contribution >= 4 is 17.6 Å². The lowest BCUT2D eigenvalue weighted by Crippen LogP contribution is -2.44. The summed E-state index contributed by atoms with van der Waals surface area (Å²) in [5, 5.41) is 8.86. The van der Waals surface area contributed by atoms with Crippen LogP contribution in [0.25, 0.3) is 0 Å². The molecule has 0 bridgehead atoms. The van der Waals surface area contributed by atoms with Crippen LogP contribution in [0.15, 0.2) is 18.2 Å². The molecule has 1 saturated heterocycles. The molecule has 2 aliphatic rings. The summed E-state index contributed by atoms with van der Waals surface area (Å²) in [6.07, 6.45) is 3.78. The Bertz CT molecular complexity index is 640. The van der Waals surface area contributed by atoms with Gasteiger partial charge in [-0.05, 0) is 63.4 Å². The molecule has 0 aromatic heterocycles. The smallest absolute Gasteiger partial charge is 0.315 e. The Hall–Kier alpha value is -2.08. The maximum Gasteiger partial charge on any atom is 0.315 e. The van der Waals surface area contributed by atoms with Crippen molar-refractivity contribution in [2.75, 3.05) is 25.0 Å². The number of carbonyl (C=O) groups is 2. The molecule has 2 unspecified atom stereocenters. The van der Waals surface area contributed by atoms with Gasteiger partial charge < -0.3 is 16.0 Å². The summed E-state index contributed by atoms with van der Waals surface area (Å²) in [5.41, 5.74) is 3.07. The number of likely N-dealkylation sites (tertiary alicyclic amines) is 1. The average molecular weight is 344 g/mol. The quantitative estimate of drug-likeness (QED) is 0.768. The Balaban J connectivity index is 1.50. The fourth-order valence-electron chi connectivity index (χ4n) is 3.56. The molecule has 2 atom stereocenters. The fraction of sp³-hybridized carbons (Fsp3) is 0.579. The minimum Gasteiger partial charge on any atom is -0.337 e. The van der Waals surface area contributed by atoms with Crippen LogP contribution >= 0.6 is 0 Å². The van der Waals surface area contributed by atoms with Gasteiger partial charge in [-0.2, -0.15) is 0 Å². The number of hydrogen-bond acceptors (Lipinski definition) is 3. The van der Waals surface area contributed by atoms with E-state index in [1.165, 1.54) is 12.8 Å². The summed E-state index contributed by atoms with van der Waals surface area (Å²) in [6, 6.07) is 6.12. The highest BCUT2D eigenvalue weighted by molar-refractivity contribution is 5.93. The normalized spacial score (nSPS) is 19.7. The van der Waals surface area contributed by atoms with Crippen molar-refractivity contribution in [1.29, 1.82) is 0 Å². The number of aryl methyl sites for hydroxylation is 1. The molecular weight excluding hydrogens is 316 g/mol. The van der Waals surface area contributed by atoms with Crippen LogP contribution in [-0.2, 0) is 11.2 Å². The van der Waals surface area contributed by atoms with Crippen molar-refractivity contribution in [2.45, 2.75) is 51.6 Å². The molecule has 136 valence electrons. The summed E-state index contributed by atoms with van der Waals surface area (Å²) >= 11 is 0. The van der Waals surface area contributed by atoms with Gasteiger partial charge in [-0.15, -0.1) is 0 Å². The standard InChI is InChI=1S/C19H28N4O2/c1-13(23-9-3-4-10-23)12-20-19(25)21-14(2)15-5-7-17-16(11-15)6-8-18(24)22-17/h5,7,11,13-14H,3-4,6,8-10,12H2,1-2H3,(H,22,24)(H2,20,21,25). The minimum atomic E-state index is -0.135. The van der Waals surface area contributed by atoms with Gasteiger partial charge in [0.25, 0.3) is 0 Å². The van der Waals surface area contributed by atoms with E-state index in [0.29, 0.717) is 19.0 Å². The molecule has 0 saturated carbocycles. The van der Waals surface area contributed by atoms with Gasteiger partial charge in [0.1, 0.15) is 0 Å². The molecule has 0 spiro atoms. The predicted octanol–water partition coefficient (Wildman–Crippen LogP) is 2.42. The van der Waals surface area contributed by atoms with E-state index in [2.05, 4.69) is 33.8 Å². The third kappa shape index (κ3) is 4.51. The number of carbonyl (C=O) groups excluding carboxylic acids is 2. The molecule has 1 aromatic rings. The first-order chi connectivity index (χ1) is 12.0. The zero-order valence-electron chi connectivity index (χ0n) is 15.1. The van der Waals surface area contributed by atoms with Crippen molar-refractivity contribution in [3.63, 3.8) is 0 Å². The van der Waals surface area contributed by atoms with Crippen LogP contribution in [0.1, 0.15) is 50.3 Å². The van der Waals surface area contributed by atoms with E-state index in [0.717, 1.165) is 36.3 Å². The number of urea groups is 1. The van der Waals surface area contributed by atoms with Gasteiger partial charge in [-0.25, -0.2) is 4.79 Å². The van der Waals surface area contributed by atoms with E-state index in [1.54, 1.807) is 0 Å². The van der Waals surface area contributed by atoms with Gasteiger partial charge in [-0.1, -0.05) is 12.1 Å². The van der Waals surface area contributed by atoms with Crippen LogP contribution in [0.3, 0.4) is 0 Å². The van der Waals surface area contributed by atoms with Crippen molar-refractivity contribution in [1.82, 2.24) is 15.5 Å². The first-order valence-electron chi connectivity index (χ1n) is 9.24. The number of nitrogens with one attached hydrogen (secondary N) is 3. The molecule has 3 N–H and O–H groups in total. The number of nitrogens with zero attached hydrogens (tertiary/aromatic N) is 1. The van der Waals surface area contributed by atoms with Crippen LogP contribution in [0, 0.1) is 0 Å². The highest BCUT2D eigenvalue weighted by Gasteiger charge is 2.19. The maximum absolute atomic E-state index is 12.2. The number of rotatable bonds is 5. The molecule has 1 aromatic carbocycles. The molecule has 2 aliphatic heterocycles.